The number of rotatable bonds is 3. The van der Waals surface area contributed by atoms with Crippen LogP contribution in [-0.4, -0.2) is 39.3 Å². The Morgan fingerprint density at radius 2 is 1.82 bits per heavy atom. The Hall–Kier alpha value is -3.26. The van der Waals surface area contributed by atoms with E-state index >= 15 is 0 Å². The summed E-state index contributed by atoms with van der Waals surface area (Å²) in [6.45, 7) is 2.78. The predicted molar refractivity (Wildman–Crippen MR) is 96.1 cm³/mol. The minimum atomic E-state index is -0.468. The van der Waals surface area contributed by atoms with Gasteiger partial charge in [0, 0.05) is 18.7 Å². The van der Waals surface area contributed by atoms with Crippen LogP contribution in [-0.2, 0) is 10.3 Å². The first kappa shape index (κ1) is 16.9. The second-order valence-electron chi connectivity index (χ2n) is 7.29. The molecule has 7 nitrogen and oxygen atoms in total. The molecule has 2 aromatic carbocycles. The van der Waals surface area contributed by atoms with Gasteiger partial charge in [0.2, 0.25) is 12.1 Å². The quantitative estimate of drug-likeness (QED) is 0.650. The summed E-state index contributed by atoms with van der Waals surface area (Å²) in [4.78, 5) is 19.7. The highest BCUT2D eigenvalue weighted by atomic mass is 19.1. The molecular weight excluding hydrogens is 363 g/mol. The van der Waals surface area contributed by atoms with Crippen molar-refractivity contribution >= 4 is 6.03 Å². The molecule has 5 rings (SSSR count). The molecule has 0 aliphatic carbocycles. The highest BCUT2D eigenvalue weighted by molar-refractivity contribution is 5.76. The monoisotopic (exact) mass is 380 g/mol. The van der Waals surface area contributed by atoms with Crippen LogP contribution in [0.1, 0.15) is 24.6 Å². The van der Waals surface area contributed by atoms with Gasteiger partial charge in [0.1, 0.15) is 5.82 Å². The van der Waals surface area contributed by atoms with Crippen LogP contribution in [0.2, 0.25) is 0 Å². The first-order valence-electron chi connectivity index (χ1n) is 8.94. The number of halogens is 1. The van der Waals surface area contributed by atoms with Crippen molar-refractivity contribution in [2.24, 2.45) is 0 Å². The molecule has 1 aromatic heterocycles. The lowest BCUT2D eigenvalue weighted by atomic mass is 9.82. The van der Waals surface area contributed by atoms with Gasteiger partial charge in [0.25, 0.3) is 5.89 Å². The van der Waals surface area contributed by atoms with E-state index in [1.165, 1.54) is 11.1 Å². The summed E-state index contributed by atoms with van der Waals surface area (Å²) >= 11 is 0. The van der Waals surface area contributed by atoms with E-state index in [1.54, 1.807) is 23.1 Å². The lowest BCUT2D eigenvalue weighted by Crippen LogP contribution is -2.60. The van der Waals surface area contributed by atoms with E-state index < -0.39 is 11.2 Å². The van der Waals surface area contributed by atoms with Crippen molar-refractivity contribution < 1.29 is 18.4 Å². The van der Waals surface area contributed by atoms with Gasteiger partial charge in [-0.05, 0) is 19.1 Å². The van der Waals surface area contributed by atoms with Gasteiger partial charge in [0.15, 0.2) is 0 Å². The minimum absolute atomic E-state index is 0.137. The number of likely N-dealkylation sites (tertiary alicyclic amines) is 1. The summed E-state index contributed by atoms with van der Waals surface area (Å²) in [7, 11) is 0. The third-order valence-electron chi connectivity index (χ3n) is 5.05. The maximum atomic E-state index is 13.9. The molecule has 0 saturated carbocycles. The third kappa shape index (κ3) is 2.73. The third-order valence-corrected chi connectivity index (χ3v) is 5.05. The van der Waals surface area contributed by atoms with Gasteiger partial charge in [-0.15, -0.1) is 10.2 Å². The Balaban J connectivity index is 1.25. The molecule has 1 unspecified atom stereocenters. The van der Waals surface area contributed by atoms with Gasteiger partial charge < -0.3 is 9.32 Å². The van der Waals surface area contributed by atoms with E-state index in [1.807, 2.05) is 37.3 Å². The molecule has 0 spiro atoms. The summed E-state index contributed by atoms with van der Waals surface area (Å²) in [5, 5.41) is 9.40. The van der Waals surface area contributed by atoms with Crippen LogP contribution < -0.4 is 0 Å². The molecule has 8 heteroatoms. The number of aromatic nitrogens is 2. The summed E-state index contributed by atoms with van der Waals surface area (Å²) in [5.41, 5.74) is 0.732. The molecule has 3 heterocycles. The Kier molecular flexibility index (Phi) is 3.70. The van der Waals surface area contributed by atoms with E-state index in [4.69, 9.17) is 9.25 Å². The van der Waals surface area contributed by atoms with Crippen molar-refractivity contribution in [1.29, 1.82) is 0 Å². The van der Waals surface area contributed by atoms with Gasteiger partial charge in [0.05, 0.1) is 11.0 Å². The van der Waals surface area contributed by atoms with Crippen molar-refractivity contribution in [3.05, 3.63) is 71.9 Å². The van der Waals surface area contributed by atoms with Crippen molar-refractivity contribution in [1.82, 2.24) is 20.2 Å². The Morgan fingerprint density at radius 1 is 1.11 bits per heavy atom. The maximum absolute atomic E-state index is 13.9. The number of carbonyl (C=O) groups excluding carboxylic acids is 1. The SMILES string of the molecule is CC1(c2nnc(-c3ccccc3F)o2)CN(C(=O)N2OC2c2ccccc2)C1. The lowest BCUT2D eigenvalue weighted by Gasteiger charge is -2.44. The molecule has 2 aliphatic heterocycles. The molecule has 0 N–H and O–H groups in total. The maximum Gasteiger partial charge on any atom is 0.347 e. The van der Waals surface area contributed by atoms with Crippen LogP contribution >= 0.6 is 0 Å². The number of hydrogen-bond donors (Lipinski definition) is 0. The van der Waals surface area contributed by atoms with E-state index in [0.717, 1.165) is 5.56 Å². The topological polar surface area (TPSA) is 74.8 Å². The molecule has 3 aromatic rings. The predicted octanol–water partition coefficient (Wildman–Crippen LogP) is 3.52. The first-order valence-corrected chi connectivity index (χ1v) is 8.94. The Bertz CT molecular complexity index is 1030. The standard InChI is InChI=1S/C20H17FN4O3/c1-20(18-23-22-16(27-18)14-9-5-6-10-15(14)21)11-24(12-20)19(26)25-17(28-25)13-7-3-2-4-8-13/h2-10,17H,11-12H2,1H3. The second kappa shape index (κ2) is 6.13. The van der Waals surface area contributed by atoms with Crippen LogP contribution in [0.5, 0.6) is 0 Å². The van der Waals surface area contributed by atoms with Gasteiger partial charge in [-0.1, -0.05) is 42.5 Å². The summed E-state index contributed by atoms with van der Waals surface area (Å²) < 4.78 is 19.6. The first-order chi connectivity index (χ1) is 13.5. The van der Waals surface area contributed by atoms with Gasteiger partial charge >= 0.3 is 6.03 Å². The number of benzene rings is 2. The lowest BCUT2D eigenvalue weighted by molar-refractivity contribution is 0.0584. The summed E-state index contributed by atoms with van der Waals surface area (Å²) in [6, 6.07) is 15.6. The molecule has 2 amide bonds. The number of hydroxylamine groups is 2. The van der Waals surface area contributed by atoms with Gasteiger partial charge in [-0.3, -0.25) is 0 Å². The van der Waals surface area contributed by atoms with E-state index in [9.17, 15) is 9.18 Å². The van der Waals surface area contributed by atoms with E-state index in [0.29, 0.717) is 19.0 Å². The fourth-order valence-electron chi connectivity index (χ4n) is 3.46. The van der Waals surface area contributed by atoms with Crippen LogP contribution in [0.25, 0.3) is 11.5 Å². The van der Waals surface area contributed by atoms with Crippen LogP contribution in [0.15, 0.2) is 59.0 Å². The number of carbonyl (C=O) groups is 1. The molecule has 2 fully saturated rings. The minimum Gasteiger partial charge on any atom is -0.420 e. The van der Waals surface area contributed by atoms with Crippen LogP contribution in [0.4, 0.5) is 9.18 Å². The molecule has 142 valence electrons. The molecule has 28 heavy (non-hydrogen) atoms. The molecule has 0 bridgehead atoms. The number of nitrogens with zero attached hydrogens (tertiary/aromatic N) is 4. The smallest absolute Gasteiger partial charge is 0.347 e. The van der Waals surface area contributed by atoms with Crippen molar-refractivity contribution in [2.45, 2.75) is 18.6 Å². The number of urea groups is 1. The average Bonchev–Trinajstić information content (AvgIpc) is 3.34. The van der Waals surface area contributed by atoms with Crippen molar-refractivity contribution in [3.63, 3.8) is 0 Å². The molecule has 2 saturated heterocycles. The van der Waals surface area contributed by atoms with Crippen molar-refractivity contribution in [3.8, 4) is 11.5 Å². The number of hydrogen-bond acceptors (Lipinski definition) is 5. The fraction of sp³-hybridized carbons (Fsp3) is 0.250. The number of amides is 2. The molecule has 0 radical (unpaired) electrons. The highest BCUT2D eigenvalue weighted by Gasteiger charge is 2.53. The fourth-order valence-corrected chi connectivity index (χ4v) is 3.46. The second-order valence-corrected chi connectivity index (χ2v) is 7.29. The van der Waals surface area contributed by atoms with E-state index in [-0.39, 0.29) is 23.7 Å². The highest BCUT2D eigenvalue weighted by Crippen LogP contribution is 2.41. The Labute approximate surface area is 160 Å². The Morgan fingerprint density at radius 3 is 2.57 bits per heavy atom. The zero-order valence-electron chi connectivity index (χ0n) is 15.1. The zero-order chi connectivity index (χ0) is 19.3. The summed E-state index contributed by atoms with van der Waals surface area (Å²) in [5.74, 6) is 0.109. The van der Waals surface area contributed by atoms with Crippen molar-refractivity contribution in [2.75, 3.05) is 13.1 Å². The molecule has 1 atom stereocenters. The normalized spacial score (nSPS) is 20.0. The zero-order valence-corrected chi connectivity index (χ0v) is 15.1. The molecular formula is C20H17FN4O3. The van der Waals surface area contributed by atoms with Gasteiger partial charge in [-0.25, -0.2) is 14.0 Å². The van der Waals surface area contributed by atoms with Gasteiger partial charge in [-0.2, -0.15) is 5.06 Å². The average molecular weight is 380 g/mol. The van der Waals surface area contributed by atoms with Crippen LogP contribution in [0, 0.1) is 5.82 Å². The largest absolute Gasteiger partial charge is 0.420 e. The molecule has 2 aliphatic rings. The summed E-state index contributed by atoms with van der Waals surface area (Å²) in [6.07, 6.45) is -0.336. The van der Waals surface area contributed by atoms with E-state index in [2.05, 4.69) is 10.2 Å². The van der Waals surface area contributed by atoms with Crippen LogP contribution in [0.3, 0.4) is 0 Å².